The van der Waals surface area contributed by atoms with E-state index < -0.39 is 0 Å². The van der Waals surface area contributed by atoms with Crippen LogP contribution in [0.15, 0.2) is 23.4 Å². The number of rotatable bonds is 0. The van der Waals surface area contributed by atoms with E-state index in [-0.39, 0.29) is 0 Å². The number of halogens is 1. The van der Waals surface area contributed by atoms with Crippen molar-refractivity contribution in [1.29, 1.82) is 0 Å². The third-order valence-corrected chi connectivity index (χ3v) is 3.35. The minimum atomic E-state index is 0.738. The molecule has 0 atom stereocenters. The minimum absolute atomic E-state index is 0.738. The lowest BCUT2D eigenvalue weighted by molar-refractivity contribution is 0.317. The van der Waals surface area contributed by atoms with Gasteiger partial charge >= 0.3 is 0 Å². The van der Waals surface area contributed by atoms with Crippen LogP contribution in [0.4, 0.5) is 0 Å². The van der Waals surface area contributed by atoms with Crippen molar-refractivity contribution in [2.75, 3.05) is 0 Å². The van der Waals surface area contributed by atoms with Crippen LogP contribution >= 0.6 is 11.6 Å². The second-order valence-corrected chi connectivity index (χ2v) is 4.51. The average molecular weight is 235 g/mol. The quantitative estimate of drug-likeness (QED) is 0.533. The third-order valence-electron chi connectivity index (χ3n) is 3.12. The summed E-state index contributed by atoms with van der Waals surface area (Å²) in [7, 11) is 0. The number of aryl methyl sites for hydroxylation is 1. The molecule has 0 radical (unpaired) electrons. The van der Waals surface area contributed by atoms with Crippen molar-refractivity contribution in [3.8, 4) is 0 Å². The molecule has 1 aromatic heterocycles. The fourth-order valence-electron chi connectivity index (χ4n) is 2.38. The fourth-order valence-corrected chi connectivity index (χ4v) is 2.56. The number of benzene rings is 1. The Bertz CT molecular complexity index is 586. The number of oxime groups is 1. The average Bonchev–Trinajstić information content (AvgIpc) is 2.67. The molecule has 0 saturated carbocycles. The summed E-state index contributed by atoms with van der Waals surface area (Å²) in [4.78, 5) is 3.29. The Balaban J connectivity index is 2.33. The number of hydrogen-bond donors (Lipinski definition) is 2. The first-order valence-electron chi connectivity index (χ1n) is 5.31. The summed E-state index contributed by atoms with van der Waals surface area (Å²) >= 11 is 5.99. The first kappa shape index (κ1) is 9.73. The molecule has 1 aromatic carbocycles. The van der Waals surface area contributed by atoms with Crippen LogP contribution in [0.2, 0.25) is 5.02 Å². The van der Waals surface area contributed by atoms with Crippen LogP contribution < -0.4 is 0 Å². The number of aromatic nitrogens is 1. The van der Waals surface area contributed by atoms with Gasteiger partial charge in [-0.15, -0.1) is 0 Å². The Morgan fingerprint density at radius 1 is 1.31 bits per heavy atom. The van der Waals surface area contributed by atoms with Crippen LogP contribution in [-0.2, 0) is 6.42 Å². The van der Waals surface area contributed by atoms with E-state index in [1.165, 1.54) is 5.56 Å². The van der Waals surface area contributed by atoms with Gasteiger partial charge in [0.2, 0.25) is 0 Å². The van der Waals surface area contributed by atoms with Gasteiger partial charge in [-0.2, -0.15) is 0 Å². The number of hydrogen-bond acceptors (Lipinski definition) is 2. The summed E-state index contributed by atoms with van der Waals surface area (Å²) in [5.41, 5.74) is 3.98. The van der Waals surface area contributed by atoms with E-state index in [1.807, 2.05) is 18.2 Å². The van der Waals surface area contributed by atoms with Crippen LogP contribution in [-0.4, -0.2) is 15.9 Å². The molecule has 1 aliphatic carbocycles. The number of fused-ring (bicyclic) bond motifs is 3. The minimum Gasteiger partial charge on any atom is -0.411 e. The van der Waals surface area contributed by atoms with Crippen molar-refractivity contribution in [1.82, 2.24) is 4.98 Å². The van der Waals surface area contributed by atoms with E-state index in [0.717, 1.165) is 46.6 Å². The topological polar surface area (TPSA) is 48.4 Å². The maximum atomic E-state index is 8.96. The van der Waals surface area contributed by atoms with Crippen molar-refractivity contribution in [2.24, 2.45) is 5.16 Å². The zero-order chi connectivity index (χ0) is 11.1. The van der Waals surface area contributed by atoms with Gasteiger partial charge in [-0.1, -0.05) is 16.8 Å². The largest absolute Gasteiger partial charge is 0.411 e. The number of aromatic amines is 1. The van der Waals surface area contributed by atoms with Gasteiger partial charge in [0.15, 0.2) is 0 Å². The smallest absolute Gasteiger partial charge is 0.103 e. The summed E-state index contributed by atoms with van der Waals surface area (Å²) in [6, 6.07) is 5.79. The van der Waals surface area contributed by atoms with Crippen molar-refractivity contribution in [3.05, 3.63) is 34.5 Å². The van der Waals surface area contributed by atoms with E-state index >= 15 is 0 Å². The predicted molar refractivity (Wildman–Crippen MR) is 64.6 cm³/mol. The summed E-state index contributed by atoms with van der Waals surface area (Å²) in [5, 5.41) is 14.2. The van der Waals surface area contributed by atoms with Gasteiger partial charge in [0.25, 0.3) is 0 Å². The van der Waals surface area contributed by atoms with Crippen LogP contribution in [0, 0.1) is 0 Å². The van der Waals surface area contributed by atoms with Crippen LogP contribution in [0.25, 0.3) is 10.9 Å². The molecule has 4 heteroatoms. The standard InChI is InChI=1S/C12H11ClN2O/c13-7-4-5-10-9(6-7)8-2-1-3-11(15-16)12(8)14-10/h4-6,14,16H,1-3H2. The van der Waals surface area contributed by atoms with Gasteiger partial charge in [-0.25, -0.2) is 0 Å². The molecule has 16 heavy (non-hydrogen) atoms. The highest BCUT2D eigenvalue weighted by molar-refractivity contribution is 6.31. The second kappa shape index (κ2) is 3.52. The molecule has 0 fully saturated rings. The molecule has 3 nitrogen and oxygen atoms in total. The highest BCUT2D eigenvalue weighted by Crippen LogP contribution is 2.30. The zero-order valence-corrected chi connectivity index (χ0v) is 9.38. The van der Waals surface area contributed by atoms with Gasteiger partial charge in [0.05, 0.1) is 5.69 Å². The Kier molecular flexibility index (Phi) is 2.14. The second-order valence-electron chi connectivity index (χ2n) is 4.07. The maximum absolute atomic E-state index is 8.96. The van der Waals surface area contributed by atoms with Crippen LogP contribution in [0.3, 0.4) is 0 Å². The monoisotopic (exact) mass is 234 g/mol. The number of nitrogens with zero attached hydrogens (tertiary/aromatic N) is 1. The third kappa shape index (κ3) is 1.32. The van der Waals surface area contributed by atoms with Crippen molar-refractivity contribution < 1.29 is 5.21 Å². The number of nitrogens with one attached hydrogen (secondary N) is 1. The Morgan fingerprint density at radius 2 is 2.19 bits per heavy atom. The molecule has 1 heterocycles. The highest BCUT2D eigenvalue weighted by Gasteiger charge is 2.20. The molecular formula is C12H11ClN2O. The van der Waals surface area contributed by atoms with Gasteiger partial charge in [-0.05, 0) is 43.0 Å². The lowest BCUT2D eigenvalue weighted by Crippen LogP contribution is -2.10. The molecule has 3 rings (SSSR count). The van der Waals surface area contributed by atoms with Gasteiger partial charge in [0.1, 0.15) is 5.71 Å². The van der Waals surface area contributed by atoms with Crippen molar-refractivity contribution in [3.63, 3.8) is 0 Å². The summed E-state index contributed by atoms with van der Waals surface area (Å²) in [6.45, 7) is 0. The maximum Gasteiger partial charge on any atom is 0.103 e. The van der Waals surface area contributed by atoms with E-state index in [1.54, 1.807) is 0 Å². The summed E-state index contributed by atoms with van der Waals surface area (Å²) in [6.07, 6.45) is 2.85. The summed E-state index contributed by atoms with van der Waals surface area (Å²) < 4.78 is 0. The normalized spacial score (nSPS) is 17.9. The van der Waals surface area contributed by atoms with Crippen molar-refractivity contribution in [2.45, 2.75) is 19.3 Å². The first-order valence-corrected chi connectivity index (χ1v) is 5.69. The van der Waals surface area contributed by atoms with E-state index in [0.29, 0.717) is 0 Å². The predicted octanol–water partition coefficient (Wildman–Crippen LogP) is 3.34. The zero-order valence-electron chi connectivity index (χ0n) is 8.63. The Labute approximate surface area is 97.7 Å². The lowest BCUT2D eigenvalue weighted by atomic mass is 9.94. The van der Waals surface area contributed by atoms with E-state index in [4.69, 9.17) is 16.8 Å². The van der Waals surface area contributed by atoms with Gasteiger partial charge in [0, 0.05) is 15.9 Å². The van der Waals surface area contributed by atoms with Crippen LogP contribution in [0.5, 0.6) is 0 Å². The molecule has 2 aromatic rings. The Hall–Kier alpha value is -1.48. The molecular weight excluding hydrogens is 224 g/mol. The molecule has 0 amide bonds. The van der Waals surface area contributed by atoms with E-state index in [9.17, 15) is 0 Å². The molecule has 0 unspecified atom stereocenters. The first-order chi connectivity index (χ1) is 7.79. The lowest BCUT2D eigenvalue weighted by Gasteiger charge is -2.12. The highest BCUT2D eigenvalue weighted by atomic mass is 35.5. The summed E-state index contributed by atoms with van der Waals surface area (Å²) in [5.74, 6) is 0. The van der Waals surface area contributed by atoms with Gasteiger partial charge < -0.3 is 10.2 Å². The van der Waals surface area contributed by atoms with E-state index in [2.05, 4.69) is 10.1 Å². The fraction of sp³-hybridized carbons (Fsp3) is 0.250. The molecule has 0 spiro atoms. The molecule has 0 bridgehead atoms. The molecule has 1 aliphatic rings. The van der Waals surface area contributed by atoms with Crippen LogP contribution in [0.1, 0.15) is 24.1 Å². The molecule has 2 N–H and O–H groups in total. The molecule has 0 aliphatic heterocycles. The van der Waals surface area contributed by atoms with Crippen molar-refractivity contribution >= 4 is 28.2 Å². The number of H-pyrrole nitrogens is 1. The molecule has 82 valence electrons. The SMILES string of the molecule is ON=C1CCCc2c1[nH]c1ccc(Cl)cc21. The van der Waals surface area contributed by atoms with Gasteiger partial charge in [-0.3, -0.25) is 0 Å². The molecule has 0 saturated heterocycles. The Morgan fingerprint density at radius 3 is 3.00 bits per heavy atom.